The van der Waals surface area contributed by atoms with E-state index in [4.69, 9.17) is 0 Å². The average Bonchev–Trinajstić information content (AvgIpc) is 3.17. The maximum atomic E-state index is 12.6. The number of aliphatic hydroxyl groups excluding tert-OH is 1. The number of pyridine rings is 1. The second-order valence-corrected chi connectivity index (χ2v) is 7.92. The van der Waals surface area contributed by atoms with E-state index in [1.165, 1.54) is 0 Å². The van der Waals surface area contributed by atoms with Gasteiger partial charge in [0.15, 0.2) is 0 Å². The van der Waals surface area contributed by atoms with E-state index >= 15 is 0 Å². The quantitative estimate of drug-likeness (QED) is 0.847. The van der Waals surface area contributed by atoms with Gasteiger partial charge in [-0.25, -0.2) is 4.98 Å². The summed E-state index contributed by atoms with van der Waals surface area (Å²) < 4.78 is 2.18. The van der Waals surface area contributed by atoms with Crippen molar-refractivity contribution in [2.24, 2.45) is 0 Å². The highest BCUT2D eigenvalue weighted by Crippen LogP contribution is 2.27. The lowest BCUT2D eigenvalue weighted by molar-refractivity contribution is -0.134. The van der Waals surface area contributed by atoms with E-state index in [0.29, 0.717) is 19.0 Å². The zero-order chi connectivity index (χ0) is 19.3. The first-order chi connectivity index (χ1) is 13.7. The second kappa shape index (κ2) is 8.84. The van der Waals surface area contributed by atoms with Crippen LogP contribution in [0.4, 0.5) is 0 Å². The number of imidazole rings is 1. The van der Waals surface area contributed by atoms with Crippen LogP contribution >= 0.6 is 0 Å². The molecular weight excluding hydrogens is 354 g/mol. The highest BCUT2D eigenvalue weighted by molar-refractivity contribution is 5.78. The molecule has 7 nitrogen and oxygen atoms in total. The molecule has 1 atom stereocenters. The molecule has 2 aromatic rings. The minimum absolute atomic E-state index is 0.185. The Bertz CT molecular complexity index is 770. The molecule has 7 heteroatoms. The van der Waals surface area contributed by atoms with Gasteiger partial charge in [-0.05, 0) is 44.4 Å². The van der Waals surface area contributed by atoms with Crippen LogP contribution in [0.2, 0.25) is 0 Å². The zero-order valence-corrected chi connectivity index (χ0v) is 16.3. The van der Waals surface area contributed by atoms with Crippen molar-refractivity contribution in [2.45, 2.75) is 44.2 Å². The van der Waals surface area contributed by atoms with Gasteiger partial charge in [0.1, 0.15) is 5.82 Å². The molecule has 28 heavy (non-hydrogen) atoms. The number of hydrogen-bond donors (Lipinski definition) is 1. The van der Waals surface area contributed by atoms with E-state index in [1.807, 2.05) is 41.7 Å². The fraction of sp³-hybridized carbons (Fsp3) is 0.571. The summed E-state index contributed by atoms with van der Waals surface area (Å²) in [4.78, 5) is 25.7. The smallest absolute Gasteiger partial charge is 0.236 e. The molecule has 1 amide bonds. The van der Waals surface area contributed by atoms with Gasteiger partial charge < -0.3 is 14.6 Å². The van der Waals surface area contributed by atoms with Crippen molar-refractivity contribution in [1.29, 1.82) is 0 Å². The van der Waals surface area contributed by atoms with Gasteiger partial charge in [-0.2, -0.15) is 0 Å². The first-order valence-corrected chi connectivity index (χ1v) is 10.3. The Balaban J connectivity index is 1.31. The third-order valence-electron chi connectivity index (χ3n) is 5.86. The van der Waals surface area contributed by atoms with Crippen LogP contribution in [0, 0.1) is 0 Å². The normalized spacial score (nSPS) is 21.8. The highest BCUT2D eigenvalue weighted by atomic mass is 16.3. The first kappa shape index (κ1) is 19.1. The number of carbonyl (C=O) groups excluding carboxylic acids is 1. The topological polar surface area (TPSA) is 74.5 Å². The molecule has 2 aliphatic heterocycles. The Kier molecular flexibility index (Phi) is 6.02. The SMILES string of the molecule is O=C(CN1CCC[C@H](O)C1)N1CCC(c2nccn2Cc2ccccn2)CC1. The summed E-state index contributed by atoms with van der Waals surface area (Å²) in [6.07, 6.45) is 9.10. The summed E-state index contributed by atoms with van der Waals surface area (Å²) in [6.45, 7) is 4.23. The molecule has 0 aliphatic carbocycles. The highest BCUT2D eigenvalue weighted by Gasteiger charge is 2.28. The number of aliphatic hydroxyl groups is 1. The molecule has 0 spiro atoms. The second-order valence-electron chi connectivity index (χ2n) is 7.92. The van der Waals surface area contributed by atoms with E-state index in [2.05, 4.69) is 19.4 Å². The Morgan fingerprint density at radius 3 is 2.71 bits per heavy atom. The molecule has 0 saturated carbocycles. The molecule has 0 bridgehead atoms. The van der Waals surface area contributed by atoms with E-state index in [1.54, 1.807) is 0 Å². The van der Waals surface area contributed by atoms with Crippen LogP contribution < -0.4 is 0 Å². The van der Waals surface area contributed by atoms with Crippen molar-refractivity contribution in [2.75, 3.05) is 32.7 Å². The van der Waals surface area contributed by atoms with Crippen molar-refractivity contribution in [3.63, 3.8) is 0 Å². The first-order valence-electron chi connectivity index (χ1n) is 10.3. The van der Waals surface area contributed by atoms with Crippen LogP contribution in [-0.2, 0) is 11.3 Å². The van der Waals surface area contributed by atoms with E-state index in [0.717, 1.165) is 63.4 Å². The zero-order valence-electron chi connectivity index (χ0n) is 16.3. The Morgan fingerprint density at radius 2 is 1.96 bits per heavy atom. The molecule has 0 radical (unpaired) electrons. The number of rotatable bonds is 5. The summed E-state index contributed by atoms with van der Waals surface area (Å²) in [5.41, 5.74) is 1.03. The van der Waals surface area contributed by atoms with Crippen LogP contribution in [-0.4, -0.2) is 74.2 Å². The number of aromatic nitrogens is 3. The lowest BCUT2D eigenvalue weighted by Gasteiger charge is -2.35. The minimum atomic E-state index is -0.287. The third-order valence-corrected chi connectivity index (χ3v) is 5.86. The van der Waals surface area contributed by atoms with Crippen LogP contribution in [0.3, 0.4) is 0 Å². The molecule has 2 fully saturated rings. The maximum Gasteiger partial charge on any atom is 0.236 e. The Morgan fingerprint density at radius 1 is 1.11 bits per heavy atom. The number of amides is 1. The van der Waals surface area contributed by atoms with E-state index in [-0.39, 0.29) is 12.0 Å². The van der Waals surface area contributed by atoms with Crippen molar-refractivity contribution in [1.82, 2.24) is 24.3 Å². The Labute approximate surface area is 166 Å². The molecule has 4 rings (SSSR count). The number of likely N-dealkylation sites (tertiary alicyclic amines) is 2. The lowest BCUT2D eigenvalue weighted by Crippen LogP contribution is -2.47. The minimum Gasteiger partial charge on any atom is -0.392 e. The summed E-state index contributed by atoms with van der Waals surface area (Å²) in [5, 5.41) is 9.79. The number of hydrogen-bond acceptors (Lipinski definition) is 5. The third kappa shape index (κ3) is 4.59. The van der Waals surface area contributed by atoms with Crippen molar-refractivity contribution in [3.05, 3.63) is 48.3 Å². The number of carbonyl (C=O) groups is 1. The van der Waals surface area contributed by atoms with Gasteiger partial charge in [0.05, 0.1) is 24.9 Å². The Hall–Kier alpha value is -2.25. The largest absolute Gasteiger partial charge is 0.392 e. The molecule has 2 aromatic heterocycles. The fourth-order valence-corrected chi connectivity index (χ4v) is 4.33. The van der Waals surface area contributed by atoms with Crippen molar-refractivity contribution >= 4 is 5.91 Å². The molecular formula is C21H29N5O2. The molecule has 1 N–H and O–H groups in total. The standard InChI is InChI=1S/C21H29N5O2/c27-19-5-3-10-24(15-19)16-20(28)25-11-6-17(7-12-25)21-23-9-13-26(21)14-18-4-1-2-8-22-18/h1-2,4,8-9,13,17,19,27H,3,5-7,10-12,14-16H2/t19-/m0/s1. The summed E-state index contributed by atoms with van der Waals surface area (Å²) in [7, 11) is 0. The van der Waals surface area contributed by atoms with Gasteiger partial charge in [-0.3, -0.25) is 14.7 Å². The summed E-state index contributed by atoms with van der Waals surface area (Å²) in [5.74, 6) is 1.65. The number of β-amino-alcohol motifs (C(OH)–C–C–N with tert-alkyl or cyclic N) is 1. The monoisotopic (exact) mass is 383 g/mol. The van der Waals surface area contributed by atoms with Gasteiger partial charge >= 0.3 is 0 Å². The molecule has 4 heterocycles. The number of piperidine rings is 2. The van der Waals surface area contributed by atoms with E-state index in [9.17, 15) is 9.90 Å². The van der Waals surface area contributed by atoms with Crippen LogP contribution in [0.1, 0.15) is 43.1 Å². The number of nitrogens with zero attached hydrogens (tertiary/aromatic N) is 5. The van der Waals surface area contributed by atoms with Crippen LogP contribution in [0.5, 0.6) is 0 Å². The van der Waals surface area contributed by atoms with Crippen molar-refractivity contribution < 1.29 is 9.90 Å². The predicted molar refractivity (Wildman–Crippen MR) is 106 cm³/mol. The van der Waals surface area contributed by atoms with Gasteiger partial charge in [0, 0.05) is 44.1 Å². The van der Waals surface area contributed by atoms with Gasteiger partial charge in [-0.15, -0.1) is 0 Å². The molecule has 2 saturated heterocycles. The molecule has 0 unspecified atom stereocenters. The average molecular weight is 383 g/mol. The summed E-state index contributed by atoms with van der Waals surface area (Å²) >= 11 is 0. The lowest BCUT2D eigenvalue weighted by atomic mass is 9.95. The van der Waals surface area contributed by atoms with Gasteiger partial charge in [0.2, 0.25) is 5.91 Å². The molecule has 0 aromatic carbocycles. The van der Waals surface area contributed by atoms with Crippen molar-refractivity contribution in [3.8, 4) is 0 Å². The molecule has 150 valence electrons. The maximum absolute atomic E-state index is 12.6. The fourth-order valence-electron chi connectivity index (χ4n) is 4.33. The van der Waals surface area contributed by atoms with Gasteiger partial charge in [-0.1, -0.05) is 6.07 Å². The van der Waals surface area contributed by atoms with E-state index < -0.39 is 0 Å². The summed E-state index contributed by atoms with van der Waals surface area (Å²) in [6, 6.07) is 5.96. The van der Waals surface area contributed by atoms with Gasteiger partial charge in [0.25, 0.3) is 0 Å². The molecule has 2 aliphatic rings. The predicted octanol–water partition coefficient (Wildman–Crippen LogP) is 1.49. The van der Waals surface area contributed by atoms with Crippen LogP contribution in [0.25, 0.3) is 0 Å². The van der Waals surface area contributed by atoms with Crippen LogP contribution in [0.15, 0.2) is 36.8 Å².